The molecule has 0 spiro atoms. The third-order valence-electron chi connectivity index (χ3n) is 3.12. The van der Waals surface area contributed by atoms with Gasteiger partial charge in [-0.3, -0.25) is 4.79 Å². The summed E-state index contributed by atoms with van der Waals surface area (Å²) in [5.41, 5.74) is 0.994. The normalized spacial score (nSPS) is 16.1. The summed E-state index contributed by atoms with van der Waals surface area (Å²) in [5.74, 6) is 4.69. The van der Waals surface area contributed by atoms with Gasteiger partial charge < -0.3 is 14.2 Å². The first-order valence-electron chi connectivity index (χ1n) is 7.31. The number of cyclic esters (lactones) is 1. The monoisotopic (exact) mass is 326 g/mol. The maximum absolute atomic E-state index is 11.9. The Morgan fingerprint density at radius 2 is 1.88 bits per heavy atom. The van der Waals surface area contributed by atoms with Gasteiger partial charge in [0.2, 0.25) is 5.79 Å². The Kier molecular flexibility index (Phi) is 5.10. The van der Waals surface area contributed by atoms with Crippen molar-refractivity contribution in [1.29, 1.82) is 0 Å². The van der Waals surface area contributed by atoms with Crippen LogP contribution in [0.1, 0.15) is 26.3 Å². The highest BCUT2D eigenvalue weighted by Gasteiger charge is 2.32. The Morgan fingerprint density at radius 3 is 2.42 bits per heavy atom. The number of methoxy groups -OCH3 is 1. The fourth-order valence-electron chi connectivity index (χ4n) is 2.04. The molecule has 0 aliphatic carbocycles. The maximum Gasteiger partial charge on any atom is 0.337 e. The van der Waals surface area contributed by atoms with E-state index in [9.17, 15) is 9.59 Å². The number of ether oxygens (including phenoxy) is 3. The van der Waals surface area contributed by atoms with E-state index in [-0.39, 0.29) is 17.1 Å². The number of allylic oxidation sites excluding steroid dienone is 2. The summed E-state index contributed by atoms with van der Waals surface area (Å²) in [5, 5.41) is 0. The van der Waals surface area contributed by atoms with Crippen LogP contribution in [0.3, 0.4) is 0 Å². The fourth-order valence-corrected chi connectivity index (χ4v) is 2.04. The van der Waals surface area contributed by atoms with Gasteiger partial charge in [-0.1, -0.05) is 11.8 Å². The van der Waals surface area contributed by atoms with E-state index in [1.807, 2.05) is 12.1 Å². The van der Waals surface area contributed by atoms with Crippen molar-refractivity contribution in [3.05, 3.63) is 53.3 Å². The average molecular weight is 326 g/mol. The molecule has 0 N–H and O–H groups in total. The van der Waals surface area contributed by atoms with Crippen molar-refractivity contribution in [1.82, 2.24) is 0 Å². The van der Waals surface area contributed by atoms with Crippen molar-refractivity contribution in [2.24, 2.45) is 0 Å². The summed E-state index contributed by atoms with van der Waals surface area (Å²) < 4.78 is 15.6. The van der Waals surface area contributed by atoms with Crippen molar-refractivity contribution >= 4 is 11.8 Å². The molecule has 0 aromatic heterocycles. The van der Waals surface area contributed by atoms with Crippen LogP contribution in [0, 0.1) is 11.8 Å². The van der Waals surface area contributed by atoms with E-state index in [1.54, 1.807) is 33.1 Å². The van der Waals surface area contributed by atoms with Crippen LogP contribution < -0.4 is 4.74 Å². The molecule has 124 valence electrons. The lowest BCUT2D eigenvalue weighted by Gasteiger charge is -2.30. The smallest absolute Gasteiger partial charge is 0.337 e. The number of Topliss-reactive ketones (excluding diaryl/α,β-unsaturated/α-hetero) is 1. The van der Waals surface area contributed by atoms with E-state index in [2.05, 4.69) is 11.8 Å². The fraction of sp³-hybridized carbons (Fsp3) is 0.263. The number of ketones is 1. The molecule has 1 heterocycles. The van der Waals surface area contributed by atoms with Crippen molar-refractivity contribution in [3.63, 3.8) is 0 Å². The Morgan fingerprint density at radius 1 is 1.21 bits per heavy atom. The Bertz CT molecular complexity index is 770. The molecule has 1 aromatic carbocycles. The van der Waals surface area contributed by atoms with Gasteiger partial charge in [0.05, 0.1) is 18.8 Å². The van der Waals surface area contributed by atoms with Crippen LogP contribution in [0.5, 0.6) is 5.75 Å². The van der Waals surface area contributed by atoms with E-state index < -0.39 is 11.8 Å². The van der Waals surface area contributed by atoms with Gasteiger partial charge in [-0.2, -0.15) is 0 Å². The van der Waals surface area contributed by atoms with E-state index in [0.717, 1.165) is 17.4 Å². The predicted molar refractivity (Wildman–Crippen MR) is 88.0 cm³/mol. The number of carbonyl (C=O) groups is 2. The minimum Gasteiger partial charge on any atom is -0.497 e. The minimum atomic E-state index is -1.13. The molecule has 0 unspecified atom stereocenters. The molecule has 0 bridgehead atoms. The number of hydrogen-bond acceptors (Lipinski definition) is 5. The van der Waals surface area contributed by atoms with Crippen molar-refractivity contribution in [3.8, 4) is 17.6 Å². The molecule has 0 atom stereocenters. The lowest BCUT2D eigenvalue weighted by atomic mass is 10.1. The molecule has 0 radical (unpaired) electrons. The highest BCUT2D eigenvalue weighted by Crippen LogP contribution is 2.26. The van der Waals surface area contributed by atoms with Gasteiger partial charge in [0.1, 0.15) is 11.5 Å². The highest BCUT2D eigenvalue weighted by atomic mass is 16.7. The van der Waals surface area contributed by atoms with Gasteiger partial charge in [0.15, 0.2) is 5.78 Å². The SMILES string of the molecule is COc1ccc(C#C/C=C(\C(C)=O)C2=CC(=O)OC(C)(C)O2)cc1. The van der Waals surface area contributed by atoms with Gasteiger partial charge in [-0.25, -0.2) is 4.79 Å². The number of esters is 1. The predicted octanol–water partition coefficient (Wildman–Crippen LogP) is 2.76. The molecule has 5 heteroatoms. The first-order valence-corrected chi connectivity index (χ1v) is 7.31. The minimum absolute atomic E-state index is 0.160. The molecule has 1 aromatic rings. The van der Waals surface area contributed by atoms with Gasteiger partial charge in [0, 0.05) is 25.5 Å². The van der Waals surface area contributed by atoms with Crippen molar-refractivity contribution in [2.45, 2.75) is 26.6 Å². The standard InChI is InChI=1S/C19H18O5/c1-13(20)16(17-12-18(21)24-19(2,3)23-17)7-5-6-14-8-10-15(22-4)11-9-14/h7-12H,1-4H3/b16-7+. The van der Waals surface area contributed by atoms with Crippen LogP contribution in [0.4, 0.5) is 0 Å². The Balaban J connectivity index is 2.28. The quantitative estimate of drug-likeness (QED) is 0.485. The average Bonchev–Trinajstić information content (AvgIpc) is 2.49. The molecule has 0 saturated heterocycles. The summed E-state index contributed by atoms with van der Waals surface area (Å²) in [6.45, 7) is 4.58. The second-order valence-corrected chi connectivity index (χ2v) is 5.54. The van der Waals surface area contributed by atoms with Crippen LogP contribution in [-0.2, 0) is 19.1 Å². The number of carbonyl (C=O) groups excluding carboxylic acids is 2. The van der Waals surface area contributed by atoms with E-state index in [4.69, 9.17) is 14.2 Å². The summed E-state index contributed by atoms with van der Waals surface area (Å²) in [6.07, 6.45) is 2.58. The van der Waals surface area contributed by atoms with Crippen molar-refractivity contribution < 1.29 is 23.8 Å². The van der Waals surface area contributed by atoms with E-state index in [1.165, 1.54) is 13.0 Å². The highest BCUT2D eigenvalue weighted by molar-refractivity contribution is 5.99. The zero-order valence-corrected chi connectivity index (χ0v) is 14.0. The van der Waals surface area contributed by atoms with E-state index in [0.29, 0.717) is 0 Å². The van der Waals surface area contributed by atoms with Crippen LogP contribution in [0.15, 0.2) is 47.7 Å². The molecule has 0 amide bonds. The topological polar surface area (TPSA) is 61.8 Å². The van der Waals surface area contributed by atoms with Gasteiger partial charge in [-0.15, -0.1) is 0 Å². The summed E-state index contributed by atoms with van der Waals surface area (Å²) >= 11 is 0. The lowest BCUT2D eigenvalue weighted by Crippen LogP contribution is -2.35. The second kappa shape index (κ2) is 7.05. The summed E-state index contributed by atoms with van der Waals surface area (Å²) in [7, 11) is 1.59. The second-order valence-electron chi connectivity index (χ2n) is 5.54. The number of hydrogen-bond donors (Lipinski definition) is 0. The van der Waals surface area contributed by atoms with Crippen LogP contribution in [0.25, 0.3) is 0 Å². The number of rotatable bonds is 3. The first kappa shape index (κ1) is 17.4. The Hall–Kier alpha value is -3.00. The maximum atomic E-state index is 11.9. The van der Waals surface area contributed by atoms with Crippen LogP contribution in [0.2, 0.25) is 0 Å². The molecular formula is C19H18O5. The van der Waals surface area contributed by atoms with Crippen LogP contribution in [-0.4, -0.2) is 24.6 Å². The van der Waals surface area contributed by atoms with Crippen molar-refractivity contribution in [2.75, 3.05) is 7.11 Å². The molecule has 1 aliphatic rings. The first-order chi connectivity index (χ1) is 11.3. The molecule has 24 heavy (non-hydrogen) atoms. The zero-order chi connectivity index (χ0) is 17.7. The number of benzene rings is 1. The molecule has 0 fully saturated rings. The lowest BCUT2D eigenvalue weighted by molar-refractivity contribution is -0.203. The third-order valence-corrected chi connectivity index (χ3v) is 3.12. The van der Waals surface area contributed by atoms with Gasteiger partial charge >= 0.3 is 5.97 Å². The van der Waals surface area contributed by atoms with Gasteiger partial charge in [-0.05, 0) is 31.2 Å². The largest absolute Gasteiger partial charge is 0.497 e. The van der Waals surface area contributed by atoms with Crippen LogP contribution >= 0.6 is 0 Å². The summed E-state index contributed by atoms with van der Waals surface area (Å²) in [4.78, 5) is 23.5. The molecular weight excluding hydrogens is 308 g/mol. The Labute approximate surface area is 140 Å². The van der Waals surface area contributed by atoms with Gasteiger partial charge in [0.25, 0.3) is 0 Å². The molecule has 1 aliphatic heterocycles. The van der Waals surface area contributed by atoms with E-state index >= 15 is 0 Å². The summed E-state index contributed by atoms with van der Waals surface area (Å²) in [6, 6.07) is 7.21. The third kappa shape index (κ3) is 4.50. The zero-order valence-electron chi connectivity index (χ0n) is 14.0. The molecule has 5 nitrogen and oxygen atoms in total. The molecule has 2 rings (SSSR count). The molecule has 0 saturated carbocycles.